The van der Waals surface area contributed by atoms with Crippen LogP contribution < -0.4 is 5.32 Å². The summed E-state index contributed by atoms with van der Waals surface area (Å²) in [5, 5.41) is 2.91. The second-order valence-corrected chi connectivity index (χ2v) is 7.11. The zero-order valence-electron chi connectivity index (χ0n) is 11.3. The number of rotatable bonds is 5. The Bertz CT molecular complexity index is 461. The Morgan fingerprint density at radius 1 is 1.35 bits per heavy atom. The van der Waals surface area contributed by atoms with E-state index in [1.807, 2.05) is 18.2 Å². The minimum atomic E-state index is -0.0531. The zero-order valence-corrected chi connectivity index (χ0v) is 15.1. The fourth-order valence-corrected chi connectivity index (χ4v) is 3.31. The van der Waals surface area contributed by atoms with Crippen molar-refractivity contribution in [3.8, 4) is 0 Å². The van der Waals surface area contributed by atoms with Crippen LogP contribution in [0, 0.1) is 3.57 Å². The van der Waals surface area contributed by atoms with Gasteiger partial charge in [-0.05, 0) is 69.6 Å². The van der Waals surface area contributed by atoms with Crippen LogP contribution in [0.25, 0.3) is 0 Å². The van der Waals surface area contributed by atoms with Crippen LogP contribution in [0.2, 0.25) is 0 Å². The third-order valence-electron chi connectivity index (χ3n) is 3.47. The monoisotopic (exact) mass is 451 g/mol. The Labute approximate surface area is 142 Å². The summed E-state index contributed by atoms with van der Waals surface area (Å²) in [5.74, 6) is -0.0531. The maximum Gasteiger partial charge on any atom is 0.252 e. The number of halogens is 2. The van der Waals surface area contributed by atoms with Gasteiger partial charge in [0.2, 0.25) is 0 Å². The van der Waals surface area contributed by atoms with E-state index in [0.717, 1.165) is 20.9 Å². The fourth-order valence-electron chi connectivity index (χ4n) is 2.39. The van der Waals surface area contributed by atoms with Gasteiger partial charge in [0.05, 0.1) is 18.3 Å². The number of benzene rings is 1. The van der Waals surface area contributed by atoms with Crippen LogP contribution in [-0.4, -0.2) is 25.2 Å². The highest BCUT2D eigenvalue weighted by atomic mass is 127. The van der Waals surface area contributed by atoms with Crippen LogP contribution in [0.4, 0.5) is 0 Å². The third kappa shape index (κ3) is 5.00. The van der Waals surface area contributed by atoms with Gasteiger partial charge in [0.15, 0.2) is 0 Å². The summed E-state index contributed by atoms with van der Waals surface area (Å²) in [7, 11) is 0. The summed E-state index contributed by atoms with van der Waals surface area (Å²) in [5.41, 5.74) is 0.676. The number of hydrogen-bond acceptors (Lipinski definition) is 2. The Morgan fingerprint density at radius 2 is 2.10 bits per heavy atom. The largest absolute Gasteiger partial charge is 0.376 e. The first-order valence-corrected chi connectivity index (χ1v) is 8.89. The van der Waals surface area contributed by atoms with Gasteiger partial charge in [-0.2, -0.15) is 0 Å². The molecule has 1 saturated carbocycles. The molecule has 1 fully saturated rings. The Hall–Kier alpha value is -0.140. The molecule has 1 aromatic rings. The summed E-state index contributed by atoms with van der Waals surface area (Å²) in [4.78, 5) is 12.1. The van der Waals surface area contributed by atoms with Crippen molar-refractivity contribution in [3.05, 3.63) is 31.8 Å². The van der Waals surface area contributed by atoms with Crippen LogP contribution in [-0.2, 0) is 4.74 Å². The lowest BCUT2D eigenvalue weighted by Crippen LogP contribution is -2.29. The van der Waals surface area contributed by atoms with E-state index in [0.29, 0.717) is 24.8 Å². The van der Waals surface area contributed by atoms with E-state index in [4.69, 9.17) is 4.74 Å². The summed E-state index contributed by atoms with van der Waals surface area (Å²) < 4.78 is 7.67. The van der Waals surface area contributed by atoms with Gasteiger partial charge in [0.1, 0.15) is 0 Å². The van der Waals surface area contributed by atoms with Gasteiger partial charge in [0, 0.05) is 14.6 Å². The third-order valence-corrected chi connectivity index (χ3v) is 4.83. The van der Waals surface area contributed by atoms with Crippen molar-refractivity contribution < 1.29 is 9.53 Å². The van der Waals surface area contributed by atoms with Crippen molar-refractivity contribution in [1.82, 2.24) is 5.32 Å². The van der Waals surface area contributed by atoms with Crippen molar-refractivity contribution >= 4 is 44.4 Å². The molecular formula is C15H19BrINO2. The van der Waals surface area contributed by atoms with Crippen molar-refractivity contribution in [3.63, 3.8) is 0 Å². The molecule has 1 aliphatic rings. The quantitative estimate of drug-likeness (QED) is 0.539. The predicted octanol–water partition coefficient (Wildman–Crippen LogP) is 4.13. The van der Waals surface area contributed by atoms with Crippen molar-refractivity contribution in [2.24, 2.45) is 0 Å². The maximum absolute atomic E-state index is 12.1. The summed E-state index contributed by atoms with van der Waals surface area (Å²) in [6.07, 6.45) is 6.59. The molecule has 20 heavy (non-hydrogen) atoms. The second kappa shape index (κ2) is 8.34. The average Bonchev–Trinajstić information content (AvgIpc) is 2.47. The fraction of sp³-hybridized carbons (Fsp3) is 0.533. The first-order chi connectivity index (χ1) is 9.66. The van der Waals surface area contributed by atoms with Crippen LogP contribution in [0.3, 0.4) is 0 Å². The highest BCUT2D eigenvalue weighted by Gasteiger charge is 2.14. The highest BCUT2D eigenvalue weighted by molar-refractivity contribution is 14.1. The van der Waals surface area contributed by atoms with Gasteiger partial charge in [-0.3, -0.25) is 4.79 Å². The first-order valence-electron chi connectivity index (χ1n) is 7.01. The van der Waals surface area contributed by atoms with E-state index in [9.17, 15) is 4.79 Å². The normalized spacial score (nSPS) is 16.1. The van der Waals surface area contributed by atoms with Crippen LogP contribution in [0.15, 0.2) is 22.7 Å². The second-order valence-electron chi connectivity index (χ2n) is 5.01. The lowest BCUT2D eigenvalue weighted by molar-refractivity contribution is 0.0299. The lowest BCUT2D eigenvalue weighted by Gasteiger charge is -2.22. The average molecular weight is 452 g/mol. The van der Waals surface area contributed by atoms with Gasteiger partial charge >= 0.3 is 0 Å². The Morgan fingerprint density at radius 3 is 2.85 bits per heavy atom. The van der Waals surface area contributed by atoms with Gasteiger partial charge in [-0.25, -0.2) is 0 Å². The Kier molecular flexibility index (Phi) is 6.77. The molecule has 5 heteroatoms. The number of hydrogen-bond donors (Lipinski definition) is 1. The van der Waals surface area contributed by atoms with Crippen molar-refractivity contribution in [1.29, 1.82) is 0 Å². The molecule has 0 atom stereocenters. The summed E-state index contributed by atoms with van der Waals surface area (Å²) in [6.45, 7) is 1.16. The molecule has 0 radical (unpaired) electrons. The molecule has 0 aliphatic heterocycles. The molecule has 1 aromatic carbocycles. The lowest BCUT2D eigenvalue weighted by atomic mass is 9.98. The molecule has 2 rings (SSSR count). The van der Waals surface area contributed by atoms with E-state index in [1.54, 1.807) is 0 Å². The van der Waals surface area contributed by atoms with E-state index >= 15 is 0 Å². The van der Waals surface area contributed by atoms with Crippen LogP contribution >= 0.6 is 38.5 Å². The molecule has 0 bridgehead atoms. The molecular weight excluding hydrogens is 433 g/mol. The molecule has 0 spiro atoms. The van der Waals surface area contributed by atoms with Crippen molar-refractivity contribution in [2.45, 2.75) is 38.2 Å². The first kappa shape index (κ1) is 16.2. The van der Waals surface area contributed by atoms with E-state index in [1.165, 1.54) is 19.3 Å². The highest BCUT2D eigenvalue weighted by Crippen LogP contribution is 2.20. The van der Waals surface area contributed by atoms with Crippen LogP contribution in [0.5, 0.6) is 0 Å². The molecule has 1 aliphatic carbocycles. The molecule has 0 heterocycles. The molecule has 3 nitrogen and oxygen atoms in total. The van der Waals surface area contributed by atoms with Gasteiger partial charge < -0.3 is 10.1 Å². The standard InChI is InChI=1S/C15H19BrINO2/c16-14-7-6-11(17)10-13(14)15(19)18-8-9-20-12-4-2-1-3-5-12/h6-7,10,12H,1-5,8-9H2,(H,18,19). The minimum Gasteiger partial charge on any atom is -0.376 e. The SMILES string of the molecule is O=C(NCCOC1CCCCC1)c1cc(I)ccc1Br. The van der Waals surface area contributed by atoms with E-state index < -0.39 is 0 Å². The molecule has 1 amide bonds. The zero-order chi connectivity index (χ0) is 14.4. The minimum absolute atomic E-state index is 0.0531. The van der Waals surface area contributed by atoms with E-state index in [-0.39, 0.29) is 5.91 Å². The number of ether oxygens (including phenoxy) is 1. The van der Waals surface area contributed by atoms with Gasteiger partial charge in [-0.1, -0.05) is 19.3 Å². The molecule has 1 N–H and O–H groups in total. The topological polar surface area (TPSA) is 38.3 Å². The predicted molar refractivity (Wildman–Crippen MR) is 92.0 cm³/mol. The summed E-state index contributed by atoms with van der Waals surface area (Å²) in [6, 6.07) is 5.74. The molecule has 0 saturated heterocycles. The summed E-state index contributed by atoms with van der Waals surface area (Å²) >= 11 is 5.61. The van der Waals surface area contributed by atoms with Crippen LogP contribution in [0.1, 0.15) is 42.5 Å². The Balaban J connectivity index is 1.73. The number of carbonyl (C=O) groups excluding carboxylic acids is 1. The maximum atomic E-state index is 12.1. The van der Waals surface area contributed by atoms with Gasteiger partial charge in [-0.15, -0.1) is 0 Å². The van der Waals surface area contributed by atoms with Crippen molar-refractivity contribution in [2.75, 3.05) is 13.2 Å². The number of nitrogens with one attached hydrogen (secondary N) is 1. The molecule has 0 unspecified atom stereocenters. The number of carbonyl (C=O) groups is 1. The van der Waals surface area contributed by atoms with E-state index in [2.05, 4.69) is 43.8 Å². The number of amides is 1. The molecule has 0 aromatic heterocycles. The smallest absolute Gasteiger partial charge is 0.252 e. The van der Waals surface area contributed by atoms with Gasteiger partial charge in [0.25, 0.3) is 5.91 Å². The molecule has 110 valence electrons.